The van der Waals surface area contributed by atoms with Gasteiger partial charge in [-0.25, -0.2) is 0 Å². The third-order valence-corrected chi connectivity index (χ3v) is 4.26. The maximum atomic E-state index is 11.3. The smallest absolute Gasteiger partial charge is 0.318 e. The lowest BCUT2D eigenvalue weighted by Crippen LogP contribution is -2.44. The van der Waals surface area contributed by atoms with Gasteiger partial charge in [0.15, 0.2) is 0 Å². The van der Waals surface area contributed by atoms with E-state index in [-0.39, 0.29) is 8.74 Å². The molecule has 0 aliphatic carbocycles. The summed E-state index contributed by atoms with van der Waals surface area (Å²) in [6.45, 7) is 1.74. The summed E-state index contributed by atoms with van der Waals surface area (Å²) in [4.78, 5) is 11.1. The SMILES string of the molecule is CC(N)(Cc1ccc(B(Cl)Br)cc1)C(=O)I. The largest absolute Gasteiger partial charge is 0.356 e. The summed E-state index contributed by atoms with van der Waals surface area (Å²) in [5, 5.41) is 0. The van der Waals surface area contributed by atoms with Crippen LogP contribution in [0.2, 0.25) is 0 Å². The van der Waals surface area contributed by atoms with Crippen molar-refractivity contribution in [3.63, 3.8) is 0 Å². The third kappa shape index (κ3) is 4.02. The minimum atomic E-state index is -0.809. The molecule has 16 heavy (non-hydrogen) atoms. The Morgan fingerprint density at radius 2 is 2.06 bits per heavy atom. The number of halogens is 3. The van der Waals surface area contributed by atoms with Crippen LogP contribution in [-0.4, -0.2) is 14.3 Å². The third-order valence-electron chi connectivity index (χ3n) is 2.25. The second-order valence-corrected chi connectivity index (χ2v) is 6.77. The number of hydrogen-bond acceptors (Lipinski definition) is 2. The Labute approximate surface area is 122 Å². The maximum Gasteiger partial charge on any atom is 0.356 e. The second-order valence-electron chi connectivity index (χ2n) is 3.91. The van der Waals surface area contributed by atoms with Crippen molar-refractivity contribution in [3.8, 4) is 0 Å². The molecule has 0 saturated carbocycles. The van der Waals surface area contributed by atoms with Crippen LogP contribution in [0.3, 0.4) is 0 Å². The predicted molar refractivity (Wildman–Crippen MR) is 81.9 cm³/mol. The van der Waals surface area contributed by atoms with E-state index in [0.717, 1.165) is 11.0 Å². The minimum absolute atomic E-state index is 0.0371. The Bertz CT molecular complexity index is 383. The average molecular weight is 414 g/mol. The van der Waals surface area contributed by atoms with Crippen LogP contribution < -0.4 is 11.2 Å². The summed E-state index contributed by atoms with van der Waals surface area (Å²) in [6, 6.07) is 7.73. The van der Waals surface area contributed by atoms with Crippen LogP contribution in [0.15, 0.2) is 24.3 Å². The standard InChI is InChI=1S/C10H11BBrClINO/c1-10(15,9(14)16)6-7-2-4-8(5-3-7)11(12)13/h2-5H,6,15H2,1H3. The van der Waals surface area contributed by atoms with E-state index in [4.69, 9.17) is 17.2 Å². The van der Waals surface area contributed by atoms with Crippen molar-refractivity contribution in [2.75, 3.05) is 0 Å². The topological polar surface area (TPSA) is 43.1 Å². The van der Waals surface area contributed by atoms with E-state index in [1.807, 2.05) is 24.3 Å². The first-order valence-electron chi connectivity index (χ1n) is 4.69. The van der Waals surface area contributed by atoms with Crippen LogP contribution in [-0.2, 0) is 11.2 Å². The van der Waals surface area contributed by atoms with E-state index in [2.05, 4.69) is 15.8 Å². The molecule has 1 aromatic carbocycles. The van der Waals surface area contributed by atoms with Gasteiger partial charge in [0.1, 0.15) is 0 Å². The zero-order chi connectivity index (χ0) is 12.3. The quantitative estimate of drug-likeness (QED) is 0.467. The highest BCUT2D eigenvalue weighted by Crippen LogP contribution is 2.14. The molecule has 6 heteroatoms. The zero-order valence-electron chi connectivity index (χ0n) is 8.71. The number of benzene rings is 1. The van der Waals surface area contributed by atoms with Crippen LogP contribution >= 0.6 is 49.8 Å². The number of rotatable bonds is 4. The average Bonchev–Trinajstić information content (AvgIpc) is 2.17. The van der Waals surface area contributed by atoms with Crippen LogP contribution in [0.4, 0.5) is 0 Å². The Morgan fingerprint density at radius 3 is 2.44 bits per heavy atom. The van der Waals surface area contributed by atoms with Crippen molar-refractivity contribution in [2.24, 2.45) is 5.73 Å². The van der Waals surface area contributed by atoms with Crippen molar-refractivity contribution in [2.45, 2.75) is 18.9 Å². The molecule has 0 amide bonds. The van der Waals surface area contributed by atoms with Gasteiger partial charge in [0.05, 0.1) is 5.54 Å². The van der Waals surface area contributed by atoms with Gasteiger partial charge in [-0.2, -0.15) is 11.5 Å². The van der Waals surface area contributed by atoms with Gasteiger partial charge in [-0.3, -0.25) is 4.79 Å². The lowest BCUT2D eigenvalue weighted by molar-refractivity contribution is -0.113. The first-order valence-corrected chi connectivity index (χ1v) is 7.12. The van der Waals surface area contributed by atoms with Gasteiger partial charge in [0.25, 0.3) is 0 Å². The molecule has 0 spiro atoms. The summed E-state index contributed by atoms with van der Waals surface area (Å²) < 4.78 is -0.0371. The molecule has 1 aromatic rings. The predicted octanol–water partition coefficient (Wildman–Crippen LogP) is 2.24. The number of hydrogen-bond donors (Lipinski definition) is 1. The molecule has 0 aromatic heterocycles. The molecule has 2 nitrogen and oxygen atoms in total. The van der Waals surface area contributed by atoms with Crippen molar-refractivity contribution < 1.29 is 4.79 Å². The van der Waals surface area contributed by atoms with E-state index in [1.165, 1.54) is 0 Å². The molecule has 0 fully saturated rings. The van der Waals surface area contributed by atoms with E-state index < -0.39 is 5.54 Å². The van der Waals surface area contributed by atoms with Crippen molar-refractivity contribution in [1.82, 2.24) is 0 Å². The fraction of sp³-hybridized carbons (Fsp3) is 0.300. The molecular formula is C10H11BBrClINO. The van der Waals surface area contributed by atoms with Gasteiger partial charge < -0.3 is 5.73 Å². The molecule has 1 unspecified atom stereocenters. The molecule has 0 aliphatic heterocycles. The van der Waals surface area contributed by atoms with Gasteiger partial charge in [-0.05, 0) is 18.9 Å². The first-order chi connectivity index (χ1) is 7.33. The fourth-order valence-electron chi connectivity index (χ4n) is 1.27. The highest BCUT2D eigenvalue weighted by Gasteiger charge is 2.26. The summed E-state index contributed by atoms with van der Waals surface area (Å²) in [6.07, 6.45) is 0.532. The number of carbonyl (C=O) groups excluding carboxylic acids is 1. The van der Waals surface area contributed by atoms with Crippen LogP contribution in [0.1, 0.15) is 12.5 Å². The van der Waals surface area contributed by atoms with Crippen molar-refractivity contribution >= 4 is 64.0 Å². The Morgan fingerprint density at radius 1 is 1.56 bits per heavy atom. The molecule has 0 heterocycles. The zero-order valence-corrected chi connectivity index (χ0v) is 13.2. The number of carbonyl (C=O) groups is 1. The summed E-state index contributed by atoms with van der Waals surface area (Å²) in [7, 11) is 0. The van der Waals surface area contributed by atoms with E-state index in [1.54, 1.807) is 29.5 Å². The highest BCUT2D eigenvalue weighted by molar-refractivity contribution is 14.1. The summed E-state index contributed by atoms with van der Waals surface area (Å²) in [5.74, 6) is 0. The van der Waals surface area contributed by atoms with Gasteiger partial charge in [-0.15, -0.1) is 15.8 Å². The maximum absolute atomic E-state index is 11.3. The molecule has 1 atom stereocenters. The molecule has 0 saturated heterocycles. The van der Waals surface area contributed by atoms with E-state index in [0.29, 0.717) is 6.42 Å². The highest BCUT2D eigenvalue weighted by atomic mass is 127. The lowest BCUT2D eigenvalue weighted by Gasteiger charge is -2.20. The monoisotopic (exact) mass is 413 g/mol. The Kier molecular flexibility index (Phi) is 5.29. The van der Waals surface area contributed by atoms with Gasteiger partial charge in [0.2, 0.25) is 3.79 Å². The summed E-state index contributed by atoms with van der Waals surface area (Å²) in [5.41, 5.74) is 7.11. The van der Waals surface area contributed by atoms with E-state index >= 15 is 0 Å². The first kappa shape index (κ1) is 14.5. The Hall–Kier alpha value is 0.415. The van der Waals surface area contributed by atoms with Crippen molar-refractivity contribution in [3.05, 3.63) is 29.8 Å². The van der Waals surface area contributed by atoms with Crippen LogP contribution in [0.25, 0.3) is 0 Å². The summed E-state index contributed by atoms with van der Waals surface area (Å²) >= 11 is 10.9. The van der Waals surface area contributed by atoms with Crippen LogP contribution in [0, 0.1) is 0 Å². The minimum Gasteiger partial charge on any atom is -0.318 e. The molecule has 86 valence electrons. The molecular weight excluding hydrogens is 403 g/mol. The van der Waals surface area contributed by atoms with E-state index in [9.17, 15) is 4.79 Å². The number of nitrogens with two attached hydrogens (primary N) is 1. The fourth-order valence-corrected chi connectivity index (χ4v) is 1.92. The lowest BCUT2D eigenvalue weighted by atomic mass is 9.90. The van der Waals surface area contributed by atoms with Gasteiger partial charge >= 0.3 is 4.95 Å². The molecule has 2 N–H and O–H groups in total. The molecule has 0 aliphatic rings. The molecule has 1 rings (SSSR count). The van der Waals surface area contributed by atoms with Crippen LogP contribution in [0.5, 0.6) is 0 Å². The van der Waals surface area contributed by atoms with Gasteiger partial charge in [-0.1, -0.05) is 29.7 Å². The van der Waals surface area contributed by atoms with Crippen molar-refractivity contribution in [1.29, 1.82) is 0 Å². The second kappa shape index (κ2) is 5.84. The van der Waals surface area contributed by atoms with Gasteiger partial charge in [0, 0.05) is 22.6 Å². The molecule has 0 radical (unpaired) electrons. The molecule has 0 bridgehead atoms. The normalized spacial score (nSPS) is 14.3. The Balaban J connectivity index is 2.80.